The van der Waals surface area contributed by atoms with E-state index >= 15 is 0 Å². The predicted molar refractivity (Wildman–Crippen MR) is 107 cm³/mol. The Labute approximate surface area is 164 Å². The lowest BCUT2D eigenvalue weighted by Gasteiger charge is -2.06. The molecular weight excluding hydrogens is 416 g/mol. The summed E-state index contributed by atoms with van der Waals surface area (Å²) < 4.78 is 14.7. The van der Waals surface area contributed by atoms with Gasteiger partial charge in [-0.15, -0.1) is 0 Å². The monoisotopic (exact) mass is 434 g/mol. The van der Waals surface area contributed by atoms with Crippen molar-refractivity contribution in [2.75, 3.05) is 20.3 Å². The molecule has 0 saturated carbocycles. The van der Waals surface area contributed by atoms with Gasteiger partial charge >= 0.3 is 0 Å². The number of methoxy groups -OCH3 is 1. The van der Waals surface area contributed by atoms with Gasteiger partial charge in [-0.1, -0.05) is 33.3 Å². The number of ether oxygens (including phenoxy) is 2. The van der Waals surface area contributed by atoms with Crippen molar-refractivity contribution in [3.63, 3.8) is 0 Å². The van der Waals surface area contributed by atoms with Gasteiger partial charge in [0.1, 0.15) is 5.75 Å². The Balaban J connectivity index is 2.08. The smallest absolute Gasteiger partial charge is 0.279 e. The average molecular weight is 435 g/mol. The van der Waals surface area contributed by atoms with E-state index in [4.69, 9.17) is 9.47 Å². The number of fused-ring (bicyclic) bond motifs is 1. The van der Waals surface area contributed by atoms with Crippen LogP contribution < -0.4 is 9.54 Å². The van der Waals surface area contributed by atoms with Gasteiger partial charge in [-0.3, -0.25) is 4.79 Å². The van der Waals surface area contributed by atoms with Crippen LogP contribution in [0.4, 0.5) is 0 Å². The molecule has 5 nitrogen and oxygen atoms in total. The fourth-order valence-electron chi connectivity index (χ4n) is 2.57. The summed E-state index contributed by atoms with van der Waals surface area (Å²) in [5, 5.41) is 0. The Morgan fingerprint density at radius 3 is 2.85 bits per heavy atom. The number of amides is 1. The third-order valence-corrected chi connectivity index (χ3v) is 5.29. The Morgan fingerprint density at radius 2 is 2.12 bits per heavy atom. The number of nitrogens with zero attached hydrogens (tertiary/aromatic N) is 2. The zero-order valence-electron chi connectivity index (χ0n) is 14.6. The number of hydrogen-bond acceptors (Lipinski definition) is 4. The van der Waals surface area contributed by atoms with Gasteiger partial charge in [-0.05, 0) is 43.3 Å². The number of aromatic nitrogens is 1. The van der Waals surface area contributed by atoms with Crippen LogP contribution in [-0.4, -0.2) is 30.8 Å². The minimum atomic E-state index is -0.269. The van der Waals surface area contributed by atoms with Gasteiger partial charge < -0.3 is 14.0 Å². The molecule has 1 amide bonds. The van der Waals surface area contributed by atoms with Gasteiger partial charge in [-0.25, -0.2) is 0 Å². The maximum atomic E-state index is 12.6. The lowest BCUT2D eigenvalue weighted by atomic mass is 10.2. The van der Waals surface area contributed by atoms with E-state index in [9.17, 15) is 4.79 Å². The van der Waals surface area contributed by atoms with Crippen LogP contribution in [0.5, 0.6) is 5.75 Å². The van der Waals surface area contributed by atoms with Crippen molar-refractivity contribution in [2.24, 2.45) is 4.99 Å². The maximum absolute atomic E-state index is 12.6. The second kappa shape index (κ2) is 8.62. The van der Waals surface area contributed by atoms with Crippen LogP contribution in [0.25, 0.3) is 10.2 Å². The lowest BCUT2D eigenvalue weighted by Crippen LogP contribution is -2.19. The molecule has 0 saturated heterocycles. The Kier molecular flexibility index (Phi) is 6.24. The summed E-state index contributed by atoms with van der Waals surface area (Å²) >= 11 is 4.86. The summed E-state index contributed by atoms with van der Waals surface area (Å²) in [4.78, 5) is 17.6. The fraction of sp³-hybridized carbons (Fsp3) is 0.263. The highest BCUT2D eigenvalue weighted by Crippen LogP contribution is 2.23. The number of halogens is 1. The normalized spacial score (nSPS) is 11.9. The molecule has 0 spiro atoms. The van der Waals surface area contributed by atoms with Crippen LogP contribution in [0.1, 0.15) is 17.3 Å². The number of rotatable bonds is 6. The minimum Gasteiger partial charge on any atom is -0.494 e. The molecule has 0 aliphatic heterocycles. The van der Waals surface area contributed by atoms with Gasteiger partial charge in [0.2, 0.25) is 0 Å². The highest BCUT2D eigenvalue weighted by atomic mass is 79.9. The van der Waals surface area contributed by atoms with E-state index < -0.39 is 0 Å². The standard InChI is InChI=1S/C19H19BrN2O3S/c1-3-25-15-7-8-16-17(12-15)26-19(22(16)9-10-24-2)21-18(23)13-5-4-6-14(20)11-13/h4-8,11-12H,3,9-10H2,1-2H3. The second-order valence-electron chi connectivity index (χ2n) is 5.52. The van der Waals surface area contributed by atoms with Crippen LogP contribution in [0.15, 0.2) is 51.9 Å². The molecule has 0 atom stereocenters. The molecule has 3 rings (SSSR count). The first-order chi connectivity index (χ1) is 12.6. The van der Waals surface area contributed by atoms with Crippen molar-refractivity contribution in [2.45, 2.75) is 13.5 Å². The Hall–Kier alpha value is -1.96. The summed E-state index contributed by atoms with van der Waals surface area (Å²) in [6.07, 6.45) is 0. The van der Waals surface area contributed by atoms with Crippen molar-refractivity contribution in [1.82, 2.24) is 4.57 Å². The van der Waals surface area contributed by atoms with Crippen molar-refractivity contribution in [3.8, 4) is 5.75 Å². The largest absolute Gasteiger partial charge is 0.494 e. The summed E-state index contributed by atoms with van der Waals surface area (Å²) in [7, 11) is 1.66. The van der Waals surface area contributed by atoms with E-state index in [0.717, 1.165) is 20.4 Å². The van der Waals surface area contributed by atoms with E-state index in [1.807, 2.05) is 41.8 Å². The van der Waals surface area contributed by atoms with Gasteiger partial charge in [0, 0.05) is 23.7 Å². The molecular formula is C19H19BrN2O3S. The van der Waals surface area contributed by atoms with Crippen molar-refractivity contribution in [1.29, 1.82) is 0 Å². The Morgan fingerprint density at radius 1 is 1.27 bits per heavy atom. The first-order valence-electron chi connectivity index (χ1n) is 8.22. The van der Waals surface area contributed by atoms with Gasteiger partial charge in [0.05, 0.1) is 23.4 Å². The molecule has 0 fully saturated rings. The minimum absolute atomic E-state index is 0.269. The SMILES string of the molecule is CCOc1ccc2c(c1)sc(=NC(=O)c1cccc(Br)c1)n2CCOC. The third-order valence-electron chi connectivity index (χ3n) is 3.75. The molecule has 2 aromatic carbocycles. The van der Waals surface area contributed by atoms with Crippen LogP contribution in [-0.2, 0) is 11.3 Å². The first-order valence-corrected chi connectivity index (χ1v) is 9.83. The molecule has 0 radical (unpaired) electrons. The number of carbonyl (C=O) groups excluding carboxylic acids is 1. The number of thiazole rings is 1. The van der Waals surface area contributed by atoms with Crippen molar-refractivity contribution < 1.29 is 14.3 Å². The van der Waals surface area contributed by atoms with Gasteiger partial charge in [-0.2, -0.15) is 4.99 Å². The first kappa shape index (κ1) is 18.8. The number of hydrogen-bond donors (Lipinski definition) is 0. The highest BCUT2D eigenvalue weighted by Gasteiger charge is 2.10. The van der Waals surface area contributed by atoms with Gasteiger partial charge in [0.15, 0.2) is 4.80 Å². The zero-order valence-corrected chi connectivity index (χ0v) is 17.0. The third kappa shape index (κ3) is 4.23. The molecule has 3 aromatic rings. The molecule has 26 heavy (non-hydrogen) atoms. The molecule has 1 aromatic heterocycles. The zero-order chi connectivity index (χ0) is 18.5. The van der Waals surface area contributed by atoms with E-state index in [-0.39, 0.29) is 5.91 Å². The van der Waals surface area contributed by atoms with E-state index in [0.29, 0.717) is 30.1 Å². The fourth-order valence-corrected chi connectivity index (χ4v) is 4.05. The number of carbonyl (C=O) groups is 1. The van der Waals surface area contributed by atoms with Gasteiger partial charge in [0.25, 0.3) is 5.91 Å². The molecule has 7 heteroatoms. The molecule has 0 N–H and O–H groups in total. The molecule has 136 valence electrons. The van der Waals surface area contributed by atoms with E-state index in [2.05, 4.69) is 20.9 Å². The van der Waals surface area contributed by atoms with Crippen molar-refractivity contribution >= 4 is 43.4 Å². The summed E-state index contributed by atoms with van der Waals surface area (Å²) in [5.74, 6) is 0.541. The number of benzene rings is 2. The van der Waals surface area contributed by atoms with Crippen LogP contribution in [0, 0.1) is 0 Å². The molecule has 0 unspecified atom stereocenters. The summed E-state index contributed by atoms with van der Waals surface area (Å²) in [6.45, 7) is 3.72. The van der Waals surface area contributed by atoms with E-state index in [1.54, 1.807) is 19.2 Å². The van der Waals surface area contributed by atoms with Crippen molar-refractivity contribution in [3.05, 3.63) is 57.3 Å². The highest BCUT2D eigenvalue weighted by molar-refractivity contribution is 9.10. The maximum Gasteiger partial charge on any atom is 0.279 e. The van der Waals surface area contributed by atoms with Crippen LogP contribution >= 0.6 is 27.3 Å². The van der Waals surface area contributed by atoms with Crippen LogP contribution in [0.2, 0.25) is 0 Å². The molecule has 1 heterocycles. The quantitative estimate of drug-likeness (QED) is 0.582. The second-order valence-corrected chi connectivity index (χ2v) is 7.44. The molecule has 0 aliphatic carbocycles. The molecule has 0 aliphatic rings. The average Bonchev–Trinajstić information content (AvgIpc) is 2.96. The summed E-state index contributed by atoms with van der Waals surface area (Å²) in [6, 6.07) is 13.1. The predicted octanol–water partition coefficient (Wildman–Crippen LogP) is 4.25. The summed E-state index contributed by atoms with van der Waals surface area (Å²) in [5.41, 5.74) is 1.56. The Bertz CT molecular complexity index is 994. The topological polar surface area (TPSA) is 52.8 Å². The van der Waals surface area contributed by atoms with E-state index in [1.165, 1.54) is 11.3 Å². The molecule has 0 bridgehead atoms. The van der Waals surface area contributed by atoms with Crippen LogP contribution in [0.3, 0.4) is 0 Å². The lowest BCUT2D eigenvalue weighted by molar-refractivity contribution is 0.0997.